The Labute approximate surface area is 136 Å². The van der Waals surface area contributed by atoms with Crippen LogP contribution in [0.15, 0.2) is 24.3 Å². The fourth-order valence-electron chi connectivity index (χ4n) is 2.84. The maximum absolute atomic E-state index is 11.5. The van der Waals surface area contributed by atoms with E-state index in [1.54, 1.807) is 0 Å². The highest BCUT2D eigenvalue weighted by Gasteiger charge is 2.22. The number of hydrogen-bond acceptors (Lipinski definition) is 5. The summed E-state index contributed by atoms with van der Waals surface area (Å²) in [6.45, 7) is 6.66. The second-order valence-electron chi connectivity index (χ2n) is 5.87. The summed E-state index contributed by atoms with van der Waals surface area (Å²) in [5, 5.41) is 5.09. The summed E-state index contributed by atoms with van der Waals surface area (Å²) < 4.78 is 5.75. The number of urea groups is 1. The van der Waals surface area contributed by atoms with Crippen LogP contribution in [0.4, 0.5) is 10.5 Å². The Hall–Kier alpha value is -2.12. The van der Waals surface area contributed by atoms with E-state index in [2.05, 4.69) is 24.1 Å². The van der Waals surface area contributed by atoms with Gasteiger partial charge in [0.05, 0.1) is 18.8 Å². The van der Waals surface area contributed by atoms with Gasteiger partial charge in [0.15, 0.2) is 0 Å². The van der Waals surface area contributed by atoms with Crippen molar-refractivity contribution >= 4 is 17.6 Å². The van der Waals surface area contributed by atoms with Crippen molar-refractivity contribution in [3.05, 3.63) is 29.8 Å². The van der Waals surface area contributed by atoms with Gasteiger partial charge in [-0.05, 0) is 25.5 Å². The first-order valence-electron chi connectivity index (χ1n) is 7.73. The number of para-hydroxylation sites is 1. The lowest BCUT2D eigenvalue weighted by Gasteiger charge is -2.35. The molecule has 1 aromatic carbocycles. The van der Waals surface area contributed by atoms with Crippen LogP contribution in [-0.4, -0.2) is 48.7 Å². The smallest absolute Gasteiger partial charge is 0.318 e. The predicted octanol–water partition coefficient (Wildman–Crippen LogP) is 0.903. The molecule has 0 saturated carbocycles. The van der Waals surface area contributed by atoms with Crippen molar-refractivity contribution in [2.75, 3.05) is 25.0 Å². The molecule has 1 saturated heterocycles. The molecule has 7 nitrogen and oxygen atoms in total. The van der Waals surface area contributed by atoms with Crippen molar-refractivity contribution in [1.29, 1.82) is 0 Å². The number of nitrogens with one attached hydrogen (secondary N) is 2. The second kappa shape index (κ2) is 7.94. The third-order valence-corrected chi connectivity index (χ3v) is 3.61. The fraction of sp³-hybridized carbons (Fsp3) is 0.500. The number of carbonyl (C=O) groups excluding carboxylic acids is 2. The number of nitrogens with two attached hydrogens (primary N) is 1. The fourth-order valence-corrected chi connectivity index (χ4v) is 2.84. The highest BCUT2D eigenvalue weighted by atomic mass is 16.5. The molecule has 1 fully saturated rings. The molecule has 4 N–H and O–H groups in total. The van der Waals surface area contributed by atoms with Crippen LogP contribution in [0.25, 0.3) is 0 Å². The molecule has 2 rings (SSSR count). The molecule has 1 aliphatic rings. The van der Waals surface area contributed by atoms with Gasteiger partial charge in [-0.1, -0.05) is 18.2 Å². The normalized spacial score (nSPS) is 21.7. The second-order valence-corrected chi connectivity index (χ2v) is 5.87. The summed E-state index contributed by atoms with van der Waals surface area (Å²) in [7, 11) is 0. The Bertz CT molecular complexity index is 554. The summed E-state index contributed by atoms with van der Waals surface area (Å²) >= 11 is 0. The van der Waals surface area contributed by atoms with Gasteiger partial charge in [0.2, 0.25) is 5.91 Å². The van der Waals surface area contributed by atoms with Crippen LogP contribution in [0, 0.1) is 0 Å². The zero-order valence-corrected chi connectivity index (χ0v) is 13.5. The monoisotopic (exact) mass is 320 g/mol. The number of rotatable bonds is 5. The van der Waals surface area contributed by atoms with Crippen molar-refractivity contribution in [3.8, 4) is 0 Å². The average molecular weight is 320 g/mol. The van der Waals surface area contributed by atoms with Gasteiger partial charge < -0.3 is 15.8 Å². The van der Waals surface area contributed by atoms with Crippen molar-refractivity contribution in [2.45, 2.75) is 32.6 Å². The summed E-state index contributed by atoms with van der Waals surface area (Å²) in [6, 6.07) is 6.97. The summed E-state index contributed by atoms with van der Waals surface area (Å²) in [4.78, 5) is 24.5. The van der Waals surface area contributed by atoms with E-state index in [4.69, 9.17) is 10.5 Å². The number of anilines is 1. The zero-order chi connectivity index (χ0) is 16.8. The van der Waals surface area contributed by atoms with Gasteiger partial charge in [-0.25, -0.2) is 4.79 Å². The molecule has 2 atom stereocenters. The first-order chi connectivity index (χ1) is 10.9. The molecular weight excluding hydrogens is 296 g/mol. The summed E-state index contributed by atoms with van der Waals surface area (Å²) in [5.41, 5.74) is 6.90. The van der Waals surface area contributed by atoms with Gasteiger partial charge >= 0.3 is 6.03 Å². The van der Waals surface area contributed by atoms with Gasteiger partial charge in [-0.2, -0.15) is 0 Å². The SMILES string of the molecule is C[C@@H]1CN(Cc2ccccc2NCC(=O)NC(N)=O)C[C@H](C)O1. The number of benzene rings is 1. The van der Waals surface area contributed by atoms with E-state index < -0.39 is 11.9 Å². The minimum absolute atomic E-state index is 0.00410. The first kappa shape index (κ1) is 17.2. The number of carbonyl (C=O) groups is 2. The Morgan fingerprint density at radius 3 is 2.57 bits per heavy atom. The molecular formula is C16H24N4O3. The molecule has 0 radical (unpaired) electrons. The van der Waals surface area contributed by atoms with Gasteiger partial charge in [-0.15, -0.1) is 0 Å². The number of ether oxygens (including phenoxy) is 1. The van der Waals surface area contributed by atoms with E-state index in [0.717, 1.165) is 30.9 Å². The van der Waals surface area contributed by atoms with E-state index in [1.807, 2.05) is 29.6 Å². The van der Waals surface area contributed by atoms with E-state index in [-0.39, 0.29) is 18.8 Å². The van der Waals surface area contributed by atoms with E-state index in [1.165, 1.54) is 0 Å². The topological polar surface area (TPSA) is 96.7 Å². The lowest BCUT2D eigenvalue weighted by Crippen LogP contribution is -2.44. The Kier molecular flexibility index (Phi) is 5.95. The van der Waals surface area contributed by atoms with E-state index in [9.17, 15) is 9.59 Å². The molecule has 126 valence electrons. The Morgan fingerprint density at radius 1 is 1.26 bits per heavy atom. The predicted molar refractivity (Wildman–Crippen MR) is 87.9 cm³/mol. The maximum Gasteiger partial charge on any atom is 0.318 e. The number of amides is 3. The van der Waals surface area contributed by atoms with E-state index in [0.29, 0.717) is 0 Å². The van der Waals surface area contributed by atoms with Crippen molar-refractivity contribution in [3.63, 3.8) is 0 Å². The lowest BCUT2D eigenvalue weighted by molar-refractivity contribution is -0.118. The molecule has 0 bridgehead atoms. The molecule has 0 aromatic heterocycles. The number of imide groups is 1. The maximum atomic E-state index is 11.5. The summed E-state index contributed by atoms with van der Waals surface area (Å²) in [6.07, 6.45) is 0.417. The van der Waals surface area contributed by atoms with Crippen LogP contribution in [0.3, 0.4) is 0 Å². The lowest BCUT2D eigenvalue weighted by atomic mass is 10.1. The van der Waals surface area contributed by atoms with Crippen molar-refractivity contribution < 1.29 is 14.3 Å². The average Bonchev–Trinajstić information content (AvgIpc) is 2.44. The Balaban J connectivity index is 1.97. The summed E-state index contributed by atoms with van der Waals surface area (Å²) in [5.74, 6) is -0.457. The minimum Gasteiger partial charge on any atom is -0.376 e. The van der Waals surface area contributed by atoms with Gasteiger partial charge in [-0.3, -0.25) is 15.0 Å². The molecule has 1 aromatic rings. The highest BCUT2D eigenvalue weighted by Crippen LogP contribution is 2.20. The van der Waals surface area contributed by atoms with Crippen molar-refractivity contribution in [2.24, 2.45) is 5.73 Å². The van der Waals surface area contributed by atoms with Gasteiger partial charge in [0.25, 0.3) is 0 Å². The Morgan fingerprint density at radius 2 is 1.91 bits per heavy atom. The minimum atomic E-state index is -0.846. The van der Waals surface area contributed by atoms with Crippen LogP contribution in [0.5, 0.6) is 0 Å². The van der Waals surface area contributed by atoms with Crippen LogP contribution in [0.1, 0.15) is 19.4 Å². The number of nitrogens with zero attached hydrogens (tertiary/aromatic N) is 1. The standard InChI is InChI=1S/C16H24N4O3/c1-11-8-20(9-12(2)23-11)10-13-5-3-4-6-14(13)18-7-15(21)19-16(17)22/h3-6,11-12,18H,7-10H2,1-2H3,(H3,17,19,21,22)/t11-,12+. The number of primary amides is 1. The molecule has 0 spiro atoms. The third-order valence-electron chi connectivity index (χ3n) is 3.61. The third kappa shape index (κ3) is 5.54. The number of hydrogen-bond donors (Lipinski definition) is 3. The molecule has 3 amide bonds. The zero-order valence-electron chi connectivity index (χ0n) is 13.5. The molecule has 23 heavy (non-hydrogen) atoms. The van der Waals surface area contributed by atoms with E-state index >= 15 is 0 Å². The molecule has 7 heteroatoms. The van der Waals surface area contributed by atoms with Crippen LogP contribution in [-0.2, 0) is 16.1 Å². The van der Waals surface area contributed by atoms with Crippen molar-refractivity contribution in [1.82, 2.24) is 10.2 Å². The van der Waals surface area contributed by atoms with Gasteiger partial charge in [0.1, 0.15) is 0 Å². The van der Waals surface area contributed by atoms with Crippen LogP contribution in [0.2, 0.25) is 0 Å². The molecule has 0 unspecified atom stereocenters. The molecule has 1 aliphatic heterocycles. The highest BCUT2D eigenvalue weighted by molar-refractivity contribution is 5.95. The largest absolute Gasteiger partial charge is 0.376 e. The van der Waals surface area contributed by atoms with Crippen LogP contribution < -0.4 is 16.4 Å². The van der Waals surface area contributed by atoms with Gasteiger partial charge in [0, 0.05) is 25.3 Å². The first-order valence-corrected chi connectivity index (χ1v) is 7.73. The molecule has 0 aliphatic carbocycles. The number of morpholine rings is 1. The molecule has 1 heterocycles. The quantitative estimate of drug-likeness (QED) is 0.749. The van der Waals surface area contributed by atoms with Crippen LogP contribution >= 0.6 is 0 Å².